The summed E-state index contributed by atoms with van der Waals surface area (Å²) in [7, 11) is 1.93. The fourth-order valence-electron chi connectivity index (χ4n) is 4.65. The van der Waals surface area contributed by atoms with E-state index in [4.69, 9.17) is 4.74 Å². The highest BCUT2D eigenvalue weighted by atomic mass is 16.5. The van der Waals surface area contributed by atoms with Gasteiger partial charge in [0.1, 0.15) is 0 Å². The number of rotatable bonds is 3. The van der Waals surface area contributed by atoms with E-state index in [0.29, 0.717) is 5.54 Å². The average molecular weight is 337 g/mol. The summed E-state index contributed by atoms with van der Waals surface area (Å²) in [6.45, 7) is 9.63. The van der Waals surface area contributed by atoms with Crippen molar-refractivity contribution in [3.05, 3.63) is 0 Å². The van der Waals surface area contributed by atoms with Crippen molar-refractivity contribution in [1.29, 1.82) is 0 Å². The molecule has 3 rings (SSSR count). The zero-order valence-electron chi connectivity index (χ0n) is 15.7. The van der Waals surface area contributed by atoms with Gasteiger partial charge in [-0.15, -0.1) is 0 Å². The average Bonchev–Trinajstić information content (AvgIpc) is 2.65. The molecule has 2 saturated heterocycles. The second-order valence-electron chi connectivity index (χ2n) is 7.95. The molecule has 0 spiro atoms. The highest BCUT2D eigenvalue weighted by Gasteiger charge is 2.39. The van der Waals surface area contributed by atoms with E-state index in [1.165, 1.54) is 44.9 Å². The number of ether oxygens (including phenoxy) is 1. The summed E-state index contributed by atoms with van der Waals surface area (Å²) in [5.41, 5.74) is 0.307. The lowest BCUT2D eigenvalue weighted by Gasteiger charge is -2.48. The van der Waals surface area contributed by atoms with E-state index < -0.39 is 0 Å². The first-order valence-electron chi connectivity index (χ1n) is 10.0. The van der Waals surface area contributed by atoms with Gasteiger partial charge >= 0.3 is 0 Å². The minimum atomic E-state index is 0.307. The molecule has 0 bridgehead atoms. The standard InChI is InChI=1S/C19H36N4O/c1-17-6-10-22(11-7-17)18(20-2)21-16-19(8-4-3-5-9-19)23-12-14-24-15-13-23/h17H,3-16H2,1-2H3,(H,20,21). The number of morpholine rings is 1. The minimum absolute atomic E-state index is 0.307. The van der Waals surface area contributed by atoms with Crippen LogP contribution in [0.5, 0.6) is 0 Å². The van der Waals surface area contributed by atoms with Gasteiger partial charge in [-0.2, -0.15) is 0 Å². The molecule has 138 valence electrons. The summed E-state index contributed by atoms with van der Waals surface area (Å²) in [6, 6.07) is 0. The lowest BCUT2D eigenvalue weighted by atomic mass is 9.79. The maximum Gasteiger partial charge on any atom is 0.193 e. The van der Waals surface area contributed by atoms with Crippen molar-refractivity contribution in [3.8, 4) is 0 Å². The summed E-state index contributed by atoms with van der Waals surface area (Å²) in [4.78, 5) is 9.74. The molecule has 0 atom stereocenters. The third-order valence-corrected chi connectivity index (χ3v) is 6.34. The van der Waals surface area contributed by atoms with Crippen molar-refractivity contribution >= 4 is 5.96 Å². The first-order chi connectivity index (χ1) is 11.7. The highest BCUT2D eigenvalue weighted by Crippen LogP contribution is 2.34. The van der Waals surface area contributed by atoms with Crippen LogP contribution in [0.15, 0.2) is 4.99 Å². The van der Waals surface area contributed by atoms with Crippen LogP contribution < -0.4 is 5.32 Å². The quantitative estimate of drug-likeness (QED) is 0.634. The molecule has 0 aromatic heterocycles. The molecule has 0 aromatic carbocycles. The summed E-state index contributed by atoms with van der Waals surface area (Å²) in [5.74, 6) is 1.97. The van der Waals surface area contributed by atoms with E-state index in [2.05, 4.69) is 27.0 Å². The number of guanidine groups is 1. The Morgan fingerprint density at radius 1 is 1.08 bits per heavy atom. The molecule has 5 heteroatoms. The first-order valence-corrected chi connectivity index (χ1v) is 10.0. The molecule has 0 aromatic rings. The molecular formula is C19H36N4O. The Morgan fingerprint density at radius 2 is 1.75 bits per heavy atom. The molecule has 1 saturated carbocycles. The fourth-order valence-corrected chi connectivity index (χ4v) is 4.65. The number of likely N-dealkylation sites (tertiary alicyclic amines) is 1. The van der Waals surface area contributed by atoms with Gasteiger partial charge in [0.2, 0.25) is 0 Å². The Kier molecular flexibility index (Phi) is 6.39. The van der Waals surface area contributed by atoms with E-state index in [9.17, 15) is 0 Å². The lowest BCUT2D eigenvalue weighted by Crippen LogP contribution is -2.61. The molecule has 24 heavy (non-hydrogen) atoms. The van der Waals surface area contributed by atoms with Crippen molar-refractivity contribution in [1.82, 2.24) is 15.1 Å². The van der Waals surface area contributed by atoms with Gasteiger partial charge in [0.05, 0.1) is 13.2 Å². The second-order valence-corrected chi connectivity index (χ2v) is 7.95. The maximum atomic E-state index is 5.59. The van der Waals surface area contributed by atoms with Gasteiger partial charge in [0, 0.05) is 45.3 Å². The highest BCUT2D eigenvalue weighted by molar-refractivity contribution is 5.80. The summed E-state index contributed by atoms with van der Waals surface area (Å²) >= 11 is 0. The number of hydrogen-bond acceptors (Lipinski definition) is 3. The third kappa shape index (κ3) is 4.23. The largest absolute Gasteiger partial charge is 0.379 e. The van der Waals surface area contributed by atoms with Gasteiger partial charge in [-0.25, -0.2) is 0 Å². The number of piperidine rings is 1. The monoisotopic (exact) mass is 336 g/mol. The first kappa shape index (κ1) is 18.0. The normalized spacial score (nSPS) is 27.2. The Bertz CT molecular complexity index is 406. The Hall–Kier alpha value is -0.810. The summed E-state index contributed by atoms with van der Waals surface area (Å²) in [5, 5.41) is 3.76. The molecule has 1 aliphatic carbocycles. The molecule has 3 fully saturated rings. The summed E-state index contributed by atoms with van der Waals surface area (Å²) < 4.78 is 5.59. The van der Waals surface area contributed by atoms with Crippen LogP contribution in [0, 0.1) is 5.92 Å². The van der Waals surface area contributed by atoms with E-state index >= 15 is 0 Å². The van der Waals surface area contributed by atoms with Gasteiger partial charge in [-0.3, -0.25) is 9.89 Å². The molecule has 0 radical (unpaired) electrons. The molecule has 5 nitrogen and oxygen atoms in total. The van der Waals surface area contributed by atoms with Crippen LogP contribution in [-0.4, -0.2) is 74.3 Å². The Labute approximate surface area is 147 Å². The van der Waals surface area contributed by atoms with Crippen molar-refractivity contribution in [2.75, 3.05) is 53.0 Å². The Morgan fingerprint density at radius 3 is 2.38 bits per heavy atom. The summed E-state index contributed by atoms with van der Waals surface area (Å²) in [6.07, 6.45) is 9.31. The zero-order valence-corrected chi connectivity index (χ0v) is 15.7. The fraction of sp³-hybridized carbons (Fsp3) is 0.947. The number of hydrogen-bond donors (Lipinski definition) is 1. The number of nitrogens with zero attached hydrogens (tertiary/aromatic N) is 3. The molecule has 0 amide bonds. The maximum absolute atomic E-state index is 5.59. The number of aliphatic imine (C=N–C) groups is 1. The van der Waals surface area contributed by atoms with Gasteiger partial charge in [0.25, 0.3) is 0 Å². The van der Waals surface area contributed by atoms with Gasteiger partial charge < -0.3 is 15.0 Å². The van der Waals surface area contributed by atoms with E-state index in [1.54, 1.807) is 0 Å². The van der Waals surface area contributed by atoms with Crippen molar-refractivity contribution in [2.24, 2.45) is 10.9 Å². The molecule has 3 aliphatic rings. The van der Waals surface area contributed by atoms with Crippen molar-refractivity contribution < 1.29 is 4.74 Å². The van der Waals surface area contributed by atoms with Crippen LogP contribution in [-0.2, 0) is 4.74 Å². The van der Waals surface area contributed by atoms with Crippen molar-refractivity contribution in [2.45, 2.75) is 57.4 Å². The predicted octanol–water partition coefficient (Wildman–Crippen LogP) is 2.33. The van der Waals surface area contributed by atoms with Gasteiger partial charge in [0.15, 0.2) is 5.96 Å². The predicted molar refractivity (Wildman–Crippen MR) is 99.5 cm³/mol. The second kappa shape index (κ2) is 8.52. The van der Waals surface area contributed by atoms with E-state index in [1.807, 2.05) is 7.05 Å². The van der Waals surface area contributed by atoms with E-state index in [0.717, 1.165) is 57.8 Å². The third-order valence-electron chi connectivity index (χ3n) is 6.34. The Balaban J connectivity index is 1.61. The number of nitrogens with one attached hydrogen (secondary N) is 1. The van der Waals surface area contributed by atoms with Crippen LogP contribution in [0.3, 0.4) is 0 Å². The molecule has 2 aliphatic heterocycles. The molecule has 1 N–H and O–H groups in total. The minimum Gasteiger partial charge on any atom is -0.379 e. The molecular weight excluding hydrogens is 300 g/mol. The van der Waals surface area contributed by atoms with Crippen molar-refractivity contribution in [3.63, 3.8) is 0 Å². The van der Waals surface area contributed by atoms with Gasteiger partial charge in [-0.1, -0.05) is 26.2 Å². The van der Waals surface area contributed by atoms with Crippen LogP contribution in [0.2, 0.25) is 0 Å². The molecule has 0 unspecified atom stereocenters. The topological polar surface area (TPSA) is 40.1 Å². The molecule has 2 heterocycles. The smallest absolute Gasteiger partial charge is 0.193 e. The SMILES string of the molecule is CN=C(NCC1(N2CCOCC2)CCCCC1)N1CCC(C)CC1. The lowest BCUT2D eigenvalue weighted by molar-refractivity contribution is -0.0354. The zero-order chi connectivity index (χ0) is 16.8. The van der Waals surface area contributed by atoms with Gasteiger partial charge in [-0.05, 0) is 31.6 Å². The van der Waals surface area contributed by atoms with Crippen LogP contribution in [0.1, 0.15) is 51.9 Å². The van der Waals surface area contributed by atoms with Crippen LogP contribution >= 0.6 is 0 Å². The van der Waals surface area contributed by atoms with Crippen LogP contribution in [0.4, 0.5) is 0 Å². The van der Waals surface area contributed by atoms with E-state index in [-0.39, 0.29) is 0 Å². The van der Waals surface area contributed by atoms with Crippen LogP contribution in [0.25, 0.3) is 0 Å².